The van der Waals surface area contributed by atoms with Crippen LogP contribution in [0.2, 0.25) is 0 Å². The van der Waals surface area contributed by atoms with Gasteiger partial charge in [-0.3, -0.25) is 0 Å². The number of nitrogens with zero attached hydrogens (tertiary/aromatic N) is 2. The van der Waals surface area contributed by atoms with Gasteiger partial charge in [-0.1, -0.05) is 12.1 Å². The molecule has 50 valence electrons. The summed E-state index contributed by atoms with van der Waals surface area (Å²) in [6.45, 7) is 2.08. The van der Waals surface area contributed by atoms with E-state index in [1.807, 2.05) is 22.6 Å². The normalized spacial score (nSPS) is 10.0. The summed E-state index contributed by atoms with van der Waals surface area (Å²) in [6.07, 6.45) is 1.94. The van der Waals surface area contributed by atoms with E-state index in [1.165, 1.54) is 0 Å². The Hall–Kier alpha value is -0.130. The van der Waals surface area contributed by atoms with Crippen LogP contribution in [0.5, 0.6) is 0 Å². The molecule has 0 atom stereocenters. The second-order valence-electron chi connectivity index (χ2n) is 1.71. The van der Waals surface area contributed by atoms with Crippen LogP contribution in [-0.2, 0) is 6.42 Å². The molecule has 1 aromatic heterocycles. The Morgan fingerprint density at radius 3 is 2.89 bits per heavy atom. The summed E-state index contributed by atoms with van der Waals surface area (Å²) >= 11 is 2.02. The van der Waals surface area contributed by atoms with Gasteiger partial charge in [-0.15, -0.1) is 0 Å². The van der Waals surface area contributed by atoms with Crippen molar-refractivity contribution in [3.05, 3.63) is 9.72 Å². The van der Waals surface area contributed by atoms with Crippen molar-refractivity contribution in [1.29, 1.82) is 0 Å². The summed E-state index contributed by atoms with van der Waals surface area (Å²) in [5, 5.41) is 3.64. The SMILES string of the molecule is CCCc1nc(I)no1. The average Bonchev–Trinajstić information content (AvgIpc) is 2.17. The minimum atomic E-state index is 0.691. The predicted octanol–water partition coefficient (Wildman–Crippen LogP) is 1.63. The van der Waals surface area contributed by atoms with Crippen LogP contribution in [0.1, 0.15) is 19.2 Å². The smallest absolute Gasteiger partial charge is 0.232 e. The van der Waals surface area contributed by atoms with Gasteiger partial charge in [0.25, 0.3) is 0 Å². The van der Waals surface area contributed by atoms with Crippen LogP contribution in [0.25, 0.3) is 0 Å². The Balaban J connectivity index is 2.61. The Bertz CT molecular complexity index is 187. The highest BCUT2D eigenvalue weighted by Crippen LogP contribution is 2.01. The van der Waals surface area contributed by atoms with E-state index in [0.717, 1.165) is 18.7 Å². The molecule has 4 heteroatoms. The fourth-order valence-corrected chi connectivity index (χ4v) is 0.917. The fourth-order valence-electron chi connectivity index (χ4n) is 0.549. The van der Waals surface area contributed by atoms with Crippen molar-refractivity contribution in [2.75, 3.05) is 0 Å². The molecule has 0 saturated heterocycles. The topological polar surface area (TPSA) is 38.9 Å². The lowest BCUT2D eigenvalue weighted by molar-refractivity contribution is 0.374. The van der Waals surface area contributed by atoms with E-state index in [9.17, 15) is 0 Å². The van der Waals surface area contributed by atoms with Gasteiger partial charge < -0.3 is 4.52 Å². The van der Waals surface area contributed by atoms with Crippen LogP contribution in [0, 0.1) is 3.83 Å². The number of rotatable bonds is 2. The predicted molar refractivity (Wildman–Crippen MR) is 41.0 cm³/mol. The largest absolute Gasteiger partial charge is 0.339 e. The molecule has 0 aliphatic heterocycles. The zero-order valence-electron chi connectivity index (χ0n) is 5.09. The second kappa shape index (κ2) is 3.14. The third-order valence-electron chi connectivity index (χ3n) is 0.907. The first-order valence-electron chi connectivity index (χ1n) is 2.81. The van der Waals surface area contributed by atoms with E-state index >= 15 is 0 Å². The molecule has 0 radical (unpaired) electrons. The molecule has 9 heavy (non-hydrogen) atoms. The van der Waals surface area contributed by atoms with Gasteiger partial charge in [-0.05, 0) is 6.42 Å². The van der Waals surface area contributed by atoms with Gasteiger partial charge in [0.1, 0.15) is 0 Å². The first-order chi connectivity index (χ1) is 4.33. The van der Waals surface area contributed by atoms with Crippen molar-refractivity contribution in [1.82, 2.24) is 10.1 Å². The van der Waals surface area contributed by atoms with Gasteiger partial charge in [0.05, 0.1) is 0 Å². The van der Waals surface area contributed by atoms with Crippen molar-refractivity contribution >= 4 is 22.6 Å². The van der Waals surface area contributed by atoms with E-state index in [1.54, 1.807) is 0 Å². The van der Waals surface area contributed by atoms with Crippen molar-refractivity contribution in [2.45, 2.75) is 19.8 Å². The summed E-state index contributed by atoms with van der Waals surface area (Å²) in [6, 6.07) is 0. The molecule has 1 heterocycles. The highest BCUT2D eigenvalue weighted by Gasteiger charge is 1.99. The van der Waals surface area contributed by atoms with Crippen molar-refractivity contribution in [3.8, 4) is 0 Å². The average molecular weight is 238 g/mol. The Morgan fingerprint density at radius 1 is 1.67 bits per heavy atom. The molecule has 0 unspecified atom stereocenters. The third-order valence-corrected chi connectivity index (χ3v) is 1.35. The maximum Gasteiger partial charge on any atom is 0.232 e. The van der Waals surface area contributed by atoms with Gasteiger partial charge in [-0.25, -0.2) is 0 Å². The standard InChI is InChI=1S/C5H7IN2O/c1-2-3-4-7-5(6)8-9-4/h2-3H2,1H3. The highest BCUT2D eigenvalue weighted by atomic mass is 127. The van der Waals surface area contributed by atoms with Gasteiger partial charge in [-0.2, -0.15) is 4.98 Å². The number of aryl methyl sites for hydroxylation is 1. The molecule has 0 bridgehead atoms. The van der Waals surface area contributed by atoms with E-state index in [2.05, 4.69) is 17.1 Å². The lowest BCUT2D eigenvalue weighted by atomic mass is 10.3. The van der Waals surface area contributed by atoms with E-state index < -0.39 is 0 Å². The maximum atomic E-state index is 4.84. The quantitative estimate of drug-likeness (QED) is 0.735. The lowest BCUT2D eigenvalue weighted by Gasteiger charge is -1.81. The third kappa shape index (κ3) is 1.92. The Morgan fingerprint density at radius 2 is 2.44 bits per heavy atom. The first-order valence-corrected chi connectivity index (χ1v) is 3.89. The van der Waals surface area contributed by atoms with Crippen molar-refractivity contribution < 1.29 is 4.52 Å². The Kier molecular flexibility index (Phi) is 2.44. The number of halogens is 1. The zero-order chi connectivity index (χ0) is 6.69. The summed E-state index contributed by atoms with van der Waals surface area (Å²) in [4.78, 5) is 4.01. The van der Waals surface area contributed by atoms with Gasteiger partial charge in [0, 0.05) is 29.0 Å². The number of hydrogen-bond donors (Lipinski definition) is 0. The van der Waals surface area contributed by atoms with Crippen LogP contribution >= 0.6 is 22.6 Å². The van der Waals surface area contributed by atoms with Gasteiger partial charge in [0.15, 0.2) is 0 Å². The molecule has 0 N–H and O–H groups in total. The molecule has 0 fully saturated rings. The molecule has 0 amide bonds. The molecule has 3 nitrogen and oxygen atoms in total. The highest BCUT2D eigenvalue weighted by molar-refractivity contribution is 14.1. The molecule has 0 saturated carbocycles. The fraction of sp³-hybridized carbons (Fsp3) is 0.600. The van der Waals surface area contributed by atoms with Crippen molar-refractivity contribution in [3.63, 3.8) is 0 Å². The maximum absolute atomic E-state index is 4.84. The summed E-state index contributed by atoms with van der Waals surface area (Å²) in [5.41, 5.74) is 0. The van der Waals surface area contributed by atoms with Crippen LogP contribution in [-0.4, -0.2) is 10.1 Å². The molecule has 0 aliphatic rings. The molecule has 0 aliphatic carbocycles. The summed E-state index contributed by atoms with van der Waals surface area (Å²) < 4.78 is 5.53. The molecule has 1 rings (SSSR count). The number of aromatic nitrogens is 2. The Labute approximate surface area is 67.0 Å². The van der Waals surface area contributed by atoms with Crippen LogP contribution < -0.4 is 0 Å². The van der Waals surface area contributed by atoms with E-state index in [-0.39, 0.29) is 0 Å². The van der Waals surface area contributed by atoms with Crippen LogP contribution in [0.15, 0.2) is 4.52 Å². The minimum Gasteiger partial charge on any atom is -0.339 e. The first kappa shape index (κ1) is 6.98. The van der Waals surface area contributed by atoms with E-state index in [0.29, 0.717) is 3.83 Å². The molecule has 0 spiro atoms. The molecule has 1 aromatic rings. The van der Waals surface area contributed by atoms with Crippen molar-refractivity contribution in [2.24, 2.45) is 0 Å². The van der Waals surface area contributed by atoms with Gasteiger partial charge >= 0.3 is 0 Å². The lowest BCUT2D eigenvalue weighted by Crippen LogP contribution is -1.80. The van der Waals surface area contributed by atoms with Crippen LogP contribution in [0.4, 0.5) is 0 Å². The second-order valence-corrected chi connectivity index (χ2v) is 2.67. The van der Waals surface area contributed by atoms with E-state index in [4.69, 9.17) is 4.52 Å². The summed E-state index contributed by atoms with van der Waals surface area (Å²) in [7, 11) is 0. The monoisotopic (exact) mass is 238 g/mol. The molecular formula is C5H7IN2O. The van der Waals surface area contributed by atoms with Crippen LogP contribution in [0.3, 0.4) is 0 Å². The van der Waals surface area contributed by atoms with Gasteiger partial charge in [0.2, 0.25) is 9.72 Å². The summed E-state index contributed by atoms with van der Waals surface area (Å²) in [5.74, 6) is 0.738. The number of hydrogen-bond acceptors (Lipinski definition) is 3. The zero-order valence-corrected chi connectivity index (χ0v) is 7.25. The molecular weight excluding hydrogens is 231 g/mol. The molecule has 0 aromatic carbocycles. The minimum absolute atomic E-state index is 0.691.